The maximum Gasteiger partial charge on any atom is 0.157 e. The molecule has 4 saturated carbocycles. The molecule has 9 atom stereocenters. The summed E-state index contributed by atoms with van der Waals surface area (Å²) in [5.74, 6) is 1.50. The number of aromatic nitrogens is 2. The number of rotatable bonds is 4. The van der Waals surface area contributed by atoms with Crippen molar-refractivity contribution in [2.45, 2.75) is 82.6 Å². The highest BCUT2D eigenvalue weighted by atomic mass is 32.2. The van der Waals surface area contributed by atoms with E-state index in [0.29, 0.717) is 35.7 Å². The van der Waals surface area contributed by atoms with Gasteiger partial charge in [0.1, 0.15) is 6.07 Å². The summed E-state index contributed by atoms with van der Waals surface area (Å²) in [6.07, 6.45) is 11.2. The largest absolute Gasteiger partial charge is 0.390 e. The zero-order chi connectivity index (χ0) is 24.5. The summed E-state index contributed by atoms with van der Waals surface area (Å²) in [5.41, 5.74) is -0.533. The molecule has 0 spiro atoms. The first-order valence-electron chi connectivity index (χ1n) is 12.8. The average molecular weight is 488 g/mol. The van der Waals surface area contributed by atoms with E-state index in [1.54, 1.807) is 6.20 Å². The summed E-state index contributed by atoms with van der Waals surface area (Å²) >= 11 is 0. The Morgan fingerprint density at radius 1 is 1.21 bits per heavy atom. The number of carbonyl (C=O) groups is 1. The molecule has 1 aromatic heterocycles. The molecule has 8 heteroatoms. The first-order chi connectivity index (χ1) is 15.9. The molecule has 0 aliphatic heterocycles. The highest BCUT2D eigenvalue weighted by molar-refractivity contribution is 7.91. The zero-order valence-corrected chi connectivity index (χ0v) is 21.3. The number of nitriles is 1. The van der Waals surface area contributed by atoms with Crippen LogP contribution in [0.25, 0.3) is 0 Å². The fourth-order valence-corrected chi connectivity index (χ4v) is 10.5. The van der Waals surface area contributed by atoms with Crippen LogP contribution in [-0.2, 0) is 21.2 Å². The lowest BCUT2D eigenvalue weighted by atomic mass is 9.48. The van der Waals surface area contributed by atoms with Crippen LogP contribution in [0.15, 0.2) is 12.4 Å². The van der Waals surface area contributed by atoms with Gasteiger partial charge in [0.05, 0.1) is 29.2 Å². The van der Waals surface area contributed by atoms with Gasteiger partial charge in [-0.1, -0.05) is 6.92 Å². The van der Waals surface area contributed by atoms with E-state index in [1.165, 1.54) is 17.1 Å². The Bertz CT molecular complexity index is 1120. The normalized spacial score (nSPS) is 43.9. The number of hydrogen-bond donors (Lipinski definition) is 1. The maximum atomic E-state index is 13.5. The van der Waals surface area contributed by atoms with Gasteiger partial charge in [0.25, 0.3) is 0 Å². The lowest BCUT2D eigenvalue weighted by Gasteiger charge is -2.59. The molecule has 4 aliphatic carbocycles. The molecule has 1 N–H and O–H groups in total. The van der Waals surface area contributed by atoms with Gasteiger partial charge in [-0.25, -0.2) is 8.42 Å². The molecule has 0 saturated heterocycles. The summed E-state index contributed by atoms with van der Waals surface area (Å²) in [6, 6.07) is 2.05. The van der Waals surface area contributed by atoms with Gasteiger partial charge in [0, 0.05) is 18.4 Å². The van der Waals surface area contributed by atoms with Gasteiger partial charge < -0.3 is 5.11 Å². The molecule has 1 unspecified atom stereocenters. The van der Waals surface area contributed by atoms with Crippen molar-refractivity contribution >= 4 is 15.6 Å². The van der Waals surface area contributed by atoms with Gasteiger partial charge in [-0.15, -0.1) is 0 Å². The number of carbonyl (C=O) groups excluding carboxylic acids is 1. The average Bonchev–Trinajstić information content (AvgIpc) is 3.34. The second-order valence-electron chi connectivity index (χ2n) is 12.3. The van der Waals surface area contributed by atoms with E-state index in [4.69, 9.17) is 5.26 Å². The molecule has 0 bridgehead atoms. The van der Waals surface area contributed by atoms with Crippen molar-refractivity contribution < 1.29 is 18.3 Å². The molecule has 4 fully saturated rings. The van der Waals surface area contributed by atoms with Crippen LogP contribution in [0.1, 0.15) is 70.8 Å². The van der Waals surface area contributed by atoms with Crippen LogP contribution in [0.5, 0.6) is 0 Å². The minimum absolute atomic E-state index is 0.102. The Balaban J connectivity index is 1.44. The molecule has 1 heterocycles. The highest BCUT2D eigenvalue weighted by Gasteiger charge is 2.63. The van der Waals surface area contributed by atoms with Gasteiger partial charge in [-0.3, -0.25) is 9.48 Å². The predicted octanol–water partition coefficient (Wildman–Crippen LogP) is 3.37. The van der Waals surface area contributed by atoms with Crippen LogP contribution in [0.3, 0.4) is 0 Å². The van der Waals surface area contributed by atoms with Crippen LogP contribution in [0.4, 0.5) is 0 Å². The standard InChI is InChI=1S/C26H37N3O4S/c1-25(31)9-8-18-17(10-25)4-5-19-20-6-7-21(22(30)15-29-14-16(12-27)13-28-29)26(20,2)11-23(24(18)19)34(3,32)33/h13-14,17-21,23-24,31H,4-11,15H2,1-3H3/t17-,18+,19+,20+,21-,23?,24-,25-,26+/m1/s1. The van der Waals surface area contributed by atoms with Gasteiger partial charge in [0.2, 0.25) is 0 Å². The second-order valence-corrected chi connectivity index (χ2v) is 14.6. The van der Waals surface area contributed by atoms with Gasteiger partial charge >= 0.3 is 0 Å². The molecule has 1 aromatic rings. The van der Waals surface area contributed by atoms with Gasteiger partial charge in [-0.05, 0) is 93.3 Å². The van der Waals surface area contributed by atoms with Crippen LogP contribution < -0.4 is 0 Å². The van der Waals surface area contributed by atoms with E-state index in [2.05, 4.69) is 12.0 Å². The molecule has 0 aromatic carbocycles. The monoisotopic (exact) mass is 487 g/mol. The van der Waals surface area contributed by atoms with E-state index in [1.807, 2.05) is 13.0 Å². The van der Waals surface area contributed by atoms with Crippen molar-refractivity contribution in [2.24, 2.45) is 40.9 Å². The predicted molar refractivity (Wildman–Crippen MR) is 127 cm³/mol. The fourth-order valence-electron chi connectivity index (χ4n) is 8.87. The highest BCUT2D eigenvalue weighted by Crippen LogP contribution is 2.65. The lowest BCUT2D eigenvalue weighted by molar-refractivity contribution is -0.132. The zero-order valence-electron chi connectivity index (χ0n) is 20.5. The molecule has 0 amide bonds. The van der Waals surface area contributed by atoms with E-state index in [9.17, 15) is 18.3 Å². The Hall–Kier alpha value is -1.72. The van der Waals surface area contributed by atoms with Crippen molar-refractivity contribution in [3.63, 3.8) is 0 Å². The molecule has 0 radical (unpaired) electrons. The van der Waals surface area contributed by atoms with Crippen LogP contribution >= 0.6 is 0 Å². The minimum atomic E-state index is -3.29. The third-order valence-corrected chi connectivity index (χ3v) is 11.8. The first-order valence-corrected chi connectivity index (χ1v) is 14.7. The van der Waals surface area contributed by atoms with E-state index >= 15 is 0 Å². The summed E-state index contributed by atoms with van der Waals surface area (Å²) in [7, 11) is -3.29. The number of fused-ring (bicyclic) bond motifs is 5. The topological polar surface area (TPSA) is 113 Å². The number of ketones is 1. The molecule has 34 heavy (non-hydrogen) atoms. The Kier molecular flexibility index (Phi) is 5.76. The number of sulfone groups is 1. The molecule has 4 aliphatic rings. The Morgan fingerprint density at radius 2 is 1.97 bits per heavy atom. The minimum Gasteiger partial charge on any atom is -0.390 e. The SMILES string of the molecule is C[C@@]1(O)CC[C@H]2[C@H](CC[C@@H]3[C@@H]2C(S(C)(=O)=O)C[C@]2(C)[C@@H](C(=O)Cn4cc(C#N)cn4)CC[C@@H]32)C1. The molecular formula is C26H37N3O4S. The van der Waals surface area contributed by atoms with Crippen molar-refractivity contribution in [3.8, 4) is 6.07 Å². The van der Waals surface area contributed by atoms with E-state index in [0.717, 1.165) is 44.9 Å². The fraction of sp³-hybridized carbons (Fsp3) is 0.808. The lowest BCUT2D eigenvalue weighted by Crippen LogP contribution is -2.58. The van der Waals surface area contributed by atoms with Crippen LogP contribution in [0, 0.1) is 52.3 Å². The number of Topliss-reactive ketones (excluding diaryl/α,β-unsaturated/α-hetero) is 1. The Labute approximate surface area is 202 Å². The van der Waals surface area contributed by atoms with Crippen molar-refractivity contribution in [1.29, 1.82) is 5.26 Å². The number of hydrogen-bond acceptors (Lipinski definition) is 6. The van der Waals surface area contributed by atoms with Crippen LogP contribution in [-0.4, -0.2) is 46.2 Å². The van der Waals surface area contributed by atoms with Crippen molar-refractivity contribution in [2.75, 3.05) is 6.26 Å². The second kappa shape index (κ2) is 8.16. The van der Waals surface area contributed by atoms with Crippen LogP contribution in [0.2, 0.25) is 0 Å². The summed E-state index contributed by atoms with van der Waals surface area (Å²) in [5, 5.41) is 23.5. The summed E-state index contributed by atoms with van der Waals surface area (Å²) in [4.78, 5) is 13.5. The van der Waals surface area contributed by atoms with Crippen molar-refractivity contribution in [1.82, 2.24) is 9.78 Å². The quantitative estimate of drug-likeness (QED) is 0.697. The van der Waals surface area contributed by atoms with Gasteiger partial charge in [-0.2, -0.15) is 10.4 Å². The third kappa shape index (κ3) is 3.93. The van der Waals surface area contributed by atoms with Gasteiger partial charge in [0.15, 0.2) is 15.6 Å². The van der Waals surface area contributed by atoms with E-state index in [-0.39, 0.29) is 29.6 Å². The number of nitrogens with zero attached hydrogens (tertiary/aromatic N) is 3. The molecule has 5 rings (SSSR count). The molecule has 7 nitrogen and oxygen atoms in total. The maximum absolute atomic E-state index is 13.5. The first kappa shape index (κ1) is 24.0. The van der Waals surface area contributed by atoms with E-state index < -0.39 is 20.7 Å². The molecule has 186 valence electrons. The summed E-state index contributed by atoms with van der Waals surface area (Å²) < 4.78 is 27.9. The smallest absolute Gasteiger partial charge is 0.157 e. The number of aliphatic hydroxyl groups is 1. The Morgan fingerprint density at radius 3 is 2.65 bits per heavy atom. The summed E-state index contributed by atoms with van der Waals surface area (Å²) in [6.45, 7) is 4.23. The molecular weight excluding hydrogens is 450 g/mol. The van der Waals surface area contributed by atoms with Crippen molar-refractivity contribution in [3.05, 3.63) is 18.0 Å². The third-order valence-electron chi connectivity index (χ3n) is 10.2.